The molecule has 0 aliphatic carbocycles. The fourth-order valence-corrected chi connectivity index (χ4v) is 4.40. The molecule has 1 aliphatic rings. The van der Waals surface area contributed by atoms with Crippen molar-refractivity contribution in [1.82, 2.24) is 4.31 Å². The molecule has 5 nitrogen and oxygen atoms in total. The first-order valence-electron chi connectivity index (χ1n) is 8.10. The van der Waals surface area contributed by atoms with E-state index < -0.39 is 33.6 Å². The zero-order valence-corrected chi connectivity index (χ0v) is 14.7. The molecule has 1 heterocycles. The molecule has 1 saturated heterocycles. The number of halogens is 3. The number of piperidine rings is 1. The summed E-state index contributed by atoms with van der Waals surface area (Å²) in [4.78, 5) is 12.3. The number of rotatable bonds is 5. The molecule has 1 aliphatic heterocycles. The van der Waals surface area contributed by atoms with E-state index in [1.165, 1.54) is 22.5 Å². The second-order valence-electron chi connectivity index (χ2n) is 6.02. The van der Waals surface area contributed by atoms with Crippen LogP contribution in [0.25, 0.3) is 0 Å². The van der Waals surface area contributed by atoms with E-state index in [1.807, 2.05) is 0 Å². The van der Waals surface area contributed by atoms with Gasteiger partial charge in [-0.1, -0.05) is 19.1 Å². The number of amides is 1. The molecule has 25 heavy (non-hydrogen) atoms. The highest BCUT2D eigenvalue weighted by Crippen LogP contribution is 2.35. The first-order valence-corrected chi connectivity index (χ1v) is 9.71. The lowest BCUT2D eigenvalue weighted by Crippen LogP contribution is -2.42. The fraction of sp³-hybridized carbons (Fsp3) is 0.562. The monoisotopic (exact) mass is 378 g/mol. The number of hydrogen-bond donors (Lipinski definition) is 1. The van der Waals surface area contributed by atoms with Crippen LogP contribution in [0.4, 0.5) is 18.9 Å². The normalized spacial score (nSPS) is 17.4. The molecule has 0 aromatic heterocycles. The molecule has 0 bridgehead atoms. The van der Waals surface area contributed by atoms with Crippen LogP contribution in [0.5, 0.6) is 0 Å². The summed E-state index contributed by atoms with van der Waals surface area (Å²) >= 11 is 0. The highest BCUT2D eigenvalue weighted by atomic mass is 32.2. The summed E-state index contributed by atoms with van der Waals surface area (Å²) in [6.45, 7) is 2.19. The summed E-state index contributed by atoms with van der Waals surface area (Å²) in [5.74, 6) is -0.957. The molecule has 1 fully saturated rings. The zero-order chi connectivity index (χ0) is 18.7. The number of nitrogens with one attached hydrogen (secondary N) is 1. The summed E-state index contributed by atoms with van der Waals surface area (Å²) in [5, 5.41) is 2.34. The van der Waals surface area contributed by atoms with Crippen LogP contribution >= 0.6 is 0 Å². The Kier molecular flexibility index (Phi) is 6.10. The van der Waals surface area contributed by atoms with Gasteiger partial charge in [0, 0.05) is 19.0 Å². The van der Waals surface area contributed by atoms with Gasteiger partial charge in [-0.05, 0) is 31.4 Å². The number of anilines is 1. The van der Waals surface area contributed by atoms with Crippen LogP contribution in [0.1, 0.15) is 31.7 Å². The zero-order valence-electron chi connectivity index (χ0n) is 13.8. The number of nitrogens with zero attached hydrogens (tertiary/aromatic N) is 1. The average molecular weight is 378 g/mol. The Morgan fingerprint density at radius 3 is 2.40 bits per heavy atom. The minimum absolute atomic E-state index is 0.0584. The Bertz CT molecular complexity index is 712. The van der Waals surface area contributed by atoms with Gasteiger partial charge in [-0.3, -0.25) is 4.79 Å². The van der Waals surface area contributed by atoms with Gasteiger partial charge >= 0.3 is 6.18 Å². The van der Waals surface area contributed by atoms with E-state index in [1.54, 1.807) is 6.92 Å². The van der Waals surface area contributed by atoms with Gasteiger partial charge in [0.15, 0.2) is 0 Å². The van der Waals surface area contributed by atoms with Gasteiger partial charge < -0.3 is 5.32 Å². The molecule has 0 unspecified atom stereocenters. The topological polar surface area (TPSA) is 66.5 Å². The summed E-state index contributed by atoms with van der Waals surface area (Å²) in [6.07, 6.45) is -3.45. The van der Waals surface area contributed by atoms with Crippen LogP contribution in [0.3, 0.4) is 0 Å². The van der Waals surface area contributed by atoms with Crippen molar-refractivity contribution >= 4 is 21.6 Å². The number of carbonyl (C=O) groups is 1. The van der Waals surface area contributed by atoms with Crippen LogP contribution in [-0.2, 0) is 21.0 Å². The number of hydrogen-bond acceptors (Lipinski definition) is 3. The second-order valence-corrected chi connectivity index (χ2v) is 8.11. The Hall–Kier alpha value is -1.61. The maximum Gasteiger partial charge on any atom is 0.418 e. The van der Waals surface area contributed by atoms with E-state index in [0.717, 1.165) is 6.07 Å². The molecule has 0 atom stereocenters. The summed E-state index contributed by atoms with van der Waals surface area (Å²) < 4.78 is 64.3. The van der Waals surface area contributed by atoms with E-state index in [0.29, 0.717) is 19.3 Å². The molecule has 140 valence electrons. The third-order valence-electron chi connectivity index (χ3n) is 4.17. The molecule has 2 rings (SSSR count). The van der Waals surface area contributed by atoms with Crippen LogP contribution in [0, 0.1) is 5.92 Å². The van der Waals surface area contributed by atoms with Gasteiger partial charge in [0.1, 0.15) is 0 Å². The molecule has 0 saturated carbocycles. The van der Waals surface area contributed by atoms with Crippen molar-refractivity contribution in [3.8, 4) is 0 Å². The second kappa shape index (κ2) is 7.74. The largest absolute Gasteiger partial charge is 0.418 e. The van der Waals surface area contributed by atoms with Gasteiger partial charge in [0.2, 0.25) is 15.9 Å². The van der Waals surface area contributed by atoms with Crippen molar-refractivity contribution in [2.75, 3.05) is 24.2 Å². The molecular weight excluding hydrogens is 357 g/mol. The molecule has 1 aromatic rings. The molecule has 1 aromatic carbocycles. The Morgan fingerprint density at radius 1 is 1.24 bits per heavy atom. The van der Waals surface area contributed by atoms with E-state index in [9.17, 15) is 26.4 Å². The maximum absolute atomic E-state index is 13.0. The van der Waals surface area contributed by atoms with Gasteiger partial charge in [-0.25, -0.2) is 12.7 Å². The number of para-hydroxylation sites is 1. The minimum Gasteiger partial charge on any atom is -0.325 e. The van der Waals surface area contributed by atoms with Gasteiger partial charge in [0.05, 0.1) is 17.0 Å². The first-order chi connectivity index (χ1) is 11.6. The number of alkyl halides is 3. The van der Waals surface area contributed by atoms with Crippen molar-refractivity contribution in [3.63, 3.8) is 0 Å². The summed E-state index contributed by atoms with van der Waals surface area (Å²) in [5.41, 5.74) is -1.17. The highest BCUT2D eigenvalue weighted by Gasteiger charge is 2.35. The number of sulfonamides is 1. The van der Waals surface area contributed by atoms with Crippen molar-refractivity contribution in [3.05, 3.63) is 29.8 Å². The molecule has 0 radical (unpaired) electrons. The lowest BCUT2D eigenvalue weighted by Gasteiger charge is -2.30. The lowest BCUT2D eigenvalue weighted by molar-refractivity contribution is -0.137. The number of benzene rings is 1. The SMILES string of the molecule is CCCS(=O)(=O)N1CCC(C(=O)Nc2ccccc2C(F)(F)F)CC1. The van der Waals surface area contributed by atoms with Crippen molar-refractivity contribution < 1.29 is 26.4 Å². The fourth-order valence-electron chi connectivity index (χ4n) is 2.86. The third kappa shape index (κ3) is 4.94. The molecule has 0 spiro atoms. The van der Waals surface area contributed by atoms with E-state index >= 15 is 0 Å². The third-order valence-corrected chi connectivity index (χ3v) is 6.25. The smallest absolute Gasteiger partial charge is 0.325 e. The molecule has 1 amide bonds. The van der Waals surface area contributed by atoms with Crippen molar-refractivity contribution in [2.45, 2.75) is 32.4 Å². The molecule has 1 N–H and O–H groups in total. The van der Waals surface area contributed by atoms with Crippen molar-refractivity contribution in [1.29, 1.82) is 0 Å². The van der Waals surface area contributed by atoms with Crippen LogP contribution in [0.2, 0.25) is 0 Å². The Balaban J connectivity index is 2.01. The van der Waals surface area contributed by atoms with Crippen LogP contribution < -0.4 is 5.32 Å². The Morgan fingerprint density at radius 2 is 1.84 bits per heavy atom. The maximum atomic E-state index is 13.0. The van der Waals surface area contributed by atoms with E-state index in [2.05, 4.69) is 5.32 Å². The van der Waals surface area contributed by atoms with Gasteiger partial charge in [0.25, 0.3) is 0 Å². The highest BCUT2D eigenvalue weighted by molar-refractivity contribution is 7.89. The van der Waals surface area contributed by atoms with E-state index in [-0.39, 0.29) is 24.5 Å². The van der Waals surface area contributed by atoms with Crippen molar-refractivity contribution in [2.24, 2.45) is 5.92 Å². The Labute approximate surface area is 145 Å². The van der Waals surface area contributed by atoms with Gasteiger partial charge in [-0.15, -0.1) is 0 Å². The first kappa shape index (κ1) is 19.7. The molecular formula is C16H21F3N2O3S. The summed E-state index contributed by atoms with van der Waals surface area (Å²) in [6, 6.07) is 4.80. The molecule has 9 heteroatoms. The van der Waals surface area contributed by atoms with Gasteiger partial charge in [-0.2, -0.15) is 13.2 Å². The van der Waals surface area contributed by atoms with E-state index in [4.69, 9.17) is 0 Å². The standard InChI is InChI=1S/C16H21F3N2O3S/c1-2-11-25(23,24)21-9-7-12(8-10-21)15(22)20-14-6-4-3-5-13(14)16(17,18)19/h3-6,12H,2,7-11H2,1H3,(H,20,22). The van der Waals surface area contributed by atoms with Crippen LogP contribution in [-0.4, -0.2) is 37.5 Å². The predicted octanol–water partition coefficient (Wildman–Crippen LogP) is 3.10. The van der Waals surface area contributed by atoms with Crippen LogP contribution in [0.15, 0.2) is 24.3 Å². The number of carbonyl (C=O) groups excluding carboxylic acids is 1. The minimum atomic E-state index is -4.55. The quantitative estimate of drug-likeness (QED) is 0.856. The predicted molar refractivity (Wildman–Crippen MR) is 88.4 cm³/mol. The summed E-state index contributed by atoms with van der Waals surface area (Å²) in [7, 11) is -3.31. The average Bonchev–Trinajstić information content (AvgIpc) is 2.54. The lowest BCUT2D eigenvalue weighted by atomic mass is 9.97.